The lowest BCUT2D eigenvalue weighted by molar-refractivity contribution is -0.113. The molecular formula is C18H14ClN5OS. The minimum Gasteiger partial charge on any atom is -0.325 e. The third-order valence-electron chi connectivity index (χ3n) is 3.44. The molecule has 0 spiro atoms. The Morgan fingerprint density at radius 2 is 1.92 bits per heavy atom. The van der Waals surface area contributed by atoms with Crippen molar-refractivity contribution < 1.29 is 4.79 Å². The molecular weight excluding hydrogens is 370 g/mol. The van der Waals surface area contributed by atoms with E-state index in [9.17, 15) is 4.79 Å². The van der Waals surface area contributed by atoms with Crippen LogP contribution in [0.25, 0.3) is 11.4 Å². The highest BCUT2D eigenvalue weighted by Gasteiger charge is 2.09. The van der Waals surface area contributed by atoms with Crippen LogP contribution in [0, 0.1) is 11.3 Å². The lowest BCUT2D eigenvalue weighted by Gasteiger charge is -2.04. The number of nitrogens with zero attached hydrogens (tertiary/aromatic N) is 3. The van der Waals surface area contributed by atoms with Gasteiger partial charge in [0.15, 0.2) is 5.82 Å². The number of rotatable bonds is 6. The van der Waals surface area contributed by atoms with Gasteiger partial charge < -0.3 is 5.32 Å². The first kappa shape index (κ1) is 18.0. The Labute approximate surface area is 159 Å². The second kappa shape index (κ2) is 8.52. The zero-order valence-electron chi connectivity index (χ0n) is 13.6. The van der Waals surface area contributed by atoms with Crippen molar-refractivity contribution in [3.05, 3.63) is 59.1 Å². The number of carbonyl (C=O) groups is 1. The largest absolute Gasteiger partial charge is 0.325 e. The zero-order chi connectivity index (χ0) is 18.4. The number of halogens is 1. The number of aromatic amines is 1. The molecule has 0 saturated carbocycles. The summed E-state index contributed by atoms with van der Waals surface area (Å²) in [6, 6.07) is 16.5. The molecule has 6 nitrogen and oxygen atoms in total. The Hall–Kier alpha value is -2.82. The summed E-state index contributed by atoms with van der Waals surface area (Å²) < 4.78 is 0. The van der Waals surface area contributed by atoms with Crippen LogP contribution in [-0.2, 0) is 11.2 Å². The predicted molar refractivity (Wildman–Crippen MR) is 102 cm³/mol. The van der Waals surface area contributed by atoms with Gasteiger partial charge in [-0.2, -0.15) is 5.26 Å². The molecule has 2 N–H and O–H groups in total. The SMILES string of the molecule is N#CCc1ccc(NC(=O)CSc2n[nH]c(-c3ccc(Cl)cc3)n2)cc1. The van der Waals surface area contributed by atoms with Gasteiger partial charge in [0.1, 0.15) is 0 Å². The van der Waals surface area contributed by atoms with Gasteiger partial charge in [-0.1, -0.05) is 35.5 Å². The summed E-state index contributed by atoms with van der Waals surface area (Å²) in [5, 5.41) is 19.6. The molecule has 0 aliphatic rings. The maximum absolute atomic E-state index is 12.0. The van der Waals surface area contributed by atoms with Crippen LogP contribution in [-0.4, -0.2) is 26.8 Å². The third-order valence-corrected chi connectivity index (χ3v) is 4.54. The molecule has 0 aliphatic carbocycles. The molecule has 8 heteroatoms. The first-order valence-corrected chi connectivity index (χ1v) is 9.07. The minimum absolute atomic E-state index is 0.152. The molecule has 1 heterocycles. The fraction of sp³-hybridized carbons (Fsp3) is 0.111. The number of hydrogen-bond donors (Lipinski definition) is 2. The molecule has 0 fully saturated rings. The molecule has 1 aromatic heterocycles. The Balaban J connectivity index is 1.53. The molecule has 0 saturated heterocycles. The van der Waals surface area contributed by atoms with Crippen LogP contribution >= 0.6 is 23.4 Å². The summed E-state index contributed by atoms with van der Waals surface area (Å²) in [6.45, 7) is 0. The number of thioether (sulfide) groups is 1. The van der Waals surface area contributed by atoms with Crippen molar-refractivity contribution in [2.24, 2.45) is 0 Å². The van der Waals surface area contributed by atoms with E-state index >= 15 is 0 Å². The van der Waals surface area contributed by atoms with E-state index < -0.39 is 0 Å². The summed E-state index contributed by atoms with van der Waals surface area (Å²) in [5.74, 6) is 0.663. The van der Waals surface area contributed by atoms with E-state index in [1.807, 2.05) is 24.3 Å². The molecule has 26 heavy (non-hydrogen) atoms. The van der Waals surface area contributed by atoms with Crippen molar-refractivity contribution in [3.8, 4) is 17.5 Å². The normalized spacial score (nSPS) is 10.3. The van der Waals surface area contributed by atoms with Crippen LogP contribution < -0.4 is 5.32 Å². The number of benzene rings is 2. The van der Waals surface area contributed by atoms with E-state index in [-0.39, 0.29) is 11.7 Å². The molecule has 0 bridgehead atoms. The maximum Gasteiger partial charge on any atom is 0.234 e. The first-order valence-electron chi connectivity index (χ1n) is 7.71. The highest BCUT2D eigenvalue weighted by atomic mass is 35.5. The van der Waals surface area contributed by atoms with Crippen molar-refractivity contribution in [1.29, 1.82) is 5.26 Å². The summed E-state index contributed by atoms with van der Waals surface area (Å²) in [7, 11) is 0. The first-order chi connectivity index (χ1) is 12.6. The monoisotopic (exact) mass is 383 g/mol. The van der Waals surface area contributed by atoms with Crippen LogP contribution in [0.5, 0.6) is 0 Å². The Kier molecular flexibility index (Phi) is 5.89. The van der Waals surface area contributed by atoms with Gasteiger partial charge in [0.05, 0.1) is 18.2 Å². The van der Waals surface area contributed by atoms with E-state index in [1.54, 1.807) is 24.3 Å². The van der Waals surface area contributed by atoms with E-state index in [0.717, 1.165) is 11.1 Å². The standard InChI is InChI=1S/C18H14ClN5OS/c19-14-5-3-13(4-6-14)17-22-18(24-23-17)26-11-16(25)21-15-7-1-12(2-8-15)9-10-20/h1-8H,9,11H2,(H,21,25)(H,22,23,24). The average Bonchev–Trinajstić information content (AvgIpc) is 3.11. The Bertz CT molecular complexity index is 931. The van der Waals surface area contributed by atoms with Crippen LogP contribution in [0.1, 0.15) is 5.56 Å². The van der Waals surface area contributed by atoms with Gasteiger partial charge in [0.25, 0.3) is 0 Å². The minimum atomic E-state index is -0.152. The number of amides is 1. The number of anilines is 1. The summed E-state index contributed by atoms with van der Waals surface area (Å²) in [6.07, 6.45) is 0.352. The fourth-order valence-corrected chi connectivity index (χ4v) is 2.90. The number of aromatic nitrogens is 3. The number of nitrogens with one attached hydrogen (secondary N) is 2. The van der Waals surface area contributed by atoms with Gasteiger partial charge in [-0.3, -0.25) is 9.89 Å². The molecule has 1 amide bonds. The van der Waals surface area contributed by atoms with Gasteiger partial charge in [-0.05, 0) is 42.0 Å². The van der Waals surface area contributed by atoms with Crippen LogP contribution in [0.15, 0.2) is 53.7 Å². The molecule has 2 aromatic carbocycles. The van der Waals surface area contributed by atoms with Gasteiger partial charge >= 0.3 is 0 Å². The van der Waals surface area contributed by atoms with Crippen molar-refractivity contribution in [2.45, 2.75) is 11.6 Å². The molecule has 0 radical (unpaired) electrons. The van der Waals surface area contributed by atoms with Gasteiger partial charge in [0.2, 0.25) is 11.1 Å². The van der Waals surface area contributed by atoms with Crippen LogP contribution in [0.4, 0.5) is 5.69 Å². The number of carbonyl (C=O) groups excluding carboxylic acids is 1. The van der Waals surface area contributed by atoms with Crippen LogP contribution in [0.3, 0.4) is 0 Å². The maximum atomic E-state index is 12.0. The highest BCUT2D eigenvalue weighted by Crippen LogP contribution is 2.21. The van der Waals surface area contributed by atoms with E-state index in [4.69, 9.17) is 16.9 Å². The van der Waals surface area contributed by atoms with Crippen molar-refractivity contribution in [1.82, 2.24) is 15.2 Å². The molecule has 130 valence electrons. The molecule has 0 atom stereocenters. The van der Waals surface area contributed by atoms with Crippen LogP contribution in [0.2, 0.25) is 5.02 Å². The summed E-state index contributed by atoms with van der Waals surface area (Å²) in [5.41, 5.74) is 2.47. The third kappa shape index (κ3) is 4.85. The second-order valence-electron chi connectivity index (χ2n) is 5.34. The van der Waals surface area contributed by atoms with Gasteiger partial charge in [0, 0.05) is 16.3 Å². The lowest BCUT2D eigenvalue weighted by atomic mass is 10.1. The number of nitriles is 1. The molecule has 0 unspecified atom stereocenters. The zero-order valence-corrected chi connectivity index (χ0v) is 15.1. The fourth-order valence-electron chi connectivity index (χ4n) is 2.17. The van der Waals surface area contributed by atoms with Crippen molar-refractivity contribution in [3.63, 3.8) is 0 Å². The Morgan fingerprint density at radius 3 is 2.62 bits per heavy atom. The summed E-state index contributed by atoms with van der Waals surface area (Å²) >= 11 is 7.11. The molecule has 3 aromatic rings. The molecule has 3 rings (SSSR count). The lowest BCUT2D eigenvalue weighted by Crippen LogP contribution is -2.14. The van der Waals surface area contributed by atoms with Crippen molar-refractivity contribution >= 4 is 35.0 Å². The van der Waals surface area contributed by atoms with Gasteiger partial charge in [-0.15, -0.1) is 5.10 Å². The smallest absolute Gasteiger partial charge is 0.234 e. The predicted octanol–water partition coefficient (Wildman–Crippen LogP) is 3.92. The average molecular weight is 384 g/mol. The highest BCUT2D eigenvalue weighted by molar-refractivity contribution is 7.99. The van der Waals surface area contributed by atoms with E-state index in [0.29, 0.717) is 28.1 Å². The van der Waals surface area contributed by atoms with E-state index in [2.05, 4.69) is 26.6 Å². The second-order valence-corrected chi connectivity index (χ2v) is 6.72. The topological polar surface area (TPSA) is 94.5 Å². The van der Waals surface area contributed by atoms with Crippen molar-refractivity contribution in [2.75, 3.05) is 11.1 Å². The number of hydrogen-bond acceptors (Lipinski definition) is 5. The molecule has 0 aliphatic heterocycles. The summed E-state index contributed by atoms with van der Waals surface area (Å²) in [4.78, 5) is 16.4. The number of H-pyrrole nitrogens is 1. The van der Waals surface area contributed by atoms with E-state index in [1.165, 1.54) is 11.8 Å². The Morgan fingerprint density at radius 1 is 1.19 bits per heavy atom. The van der Waals surface area contributed by atoms with Gasteiger partial charge in [-0.25, -0.2) is 4.98 Å². The quantitative estimate of drug-likeness (QED) is 0.629.